The summed E-state index contributed by atoms with van der Waals surface area (Å²) < 4.78 is 6.80. The molecule has 0 saturated carbocycles. The molecule has 2 amide bonds. The Bertz CT molecular complexity index is 1230. The van der Waals surface area contributed by atoms with Crippen molar-refractivity contribution in [2.75, 3.05) is 0 Å². The van der Waals surface area contributed by atoms with Gasteiger partial charge in [-0.25, -0.2) is 0 Å². The second kappa shape index (κ2) is 10.1. The minimum absolute atomic E-state index is 0.192. The van der Waals surface area contributed by atoms with Gasteiger partial charge < -0.3 is 4.74 Å². The monoisotopic (exact) mass is 547 g/mol. The summed E-state index contributed by atoms with van der Waals surface area (Å²) >= 11 is 16.6. The van der Waals surface area contributed by atoms with Gasteiger partial charge in [-0.2, -0.15) is 0 Å². The van der Waals surface area contributed by atoms with Gasteiger partial charge in [-0.3, -0.25) is 14.5 Å². The SMILES string of the molecule is O=C1S/C(=C/c2cc(Cl)ccc2OCc2cccc(Cl)c2)C(=O)N1Cc1ccccc1Br. The van der Waals surface area contributed by atoms with E-state index >= 15 is 0 Å². The lowest BCUT2D eigenvalue weighted by atomic mass is 10.1. The van der Waals surface area contributed by atoms with Gasteiger partial charge in [-0.05, 0) is 65.4 Å². The molecule has 3 aromatic carbocycles. The zero-order valence-corrected chi connectivity index (χ0v) is 20.5. The molecule has 1 heterocycles. The van der Waals surface area contributed by atoms with Crippen molar-refractivity contribution < 1.29 is 14.3 Å². The molecule has 4 nitrogen and oxygen atoms in total. The third-order valence-corrected chi connectivity index (χ3v) is 6.85. The van der Waals surface area contributed by atoms with E-state index in [4.69, 9.17) is 27.9 Å². The number of hydrogen-bond donors (Lipinski definition) is 0. The number of halogens is 3. The average molecular weight is 549 g/mol. The summed E-state index contributed by atoms with van der Waals surface area (Å²) in [6.45, 7) is 0.490. The van der Waals surface area contributed by atoms with Gasteiger partial charge in [0.2, 0.25) is 0 Å². The second-order valence-electron chi connectivity index (χ2n) is 6.96. The first-order valence-electron chi connectivity index (χ1n) is 9.56. The zero-order valence-electron chi connectivity index (χ0n) is 16.6. The number of imide groups is 1. The van der Waals surface area contributed by atoms with Crippen LogP contribution in [0.1, 0.15) is 16.7 Å². The lowest BCUT2D eigenvalue weighted by Crippen LogP contribution is -2.27. The highest BCUT2D eigenvalue weighted by atomic mass is 79.9. The molecular formula is C24H16BrCl2NO3S. The molecule has 0 aliphatic carbocycles. The minimum Gasteiger partial charge on any atom is -0.488 e. The molecule has 3 aromatic rings. The number of thioether (sulfide) groups is 1. The molecule has 1 aliphatic heterocycles. The van der Waals surface area contributed by atoms with Crippen LogP contribution in [0.3, 0.4) is 0 Å². The smallest absolute Gasteiger partial charge is 0.293 e. The topological polar surface area (TPSA) is 46.6 Å². The van der Waals surface area contributed by atoms with Gasteiger partial charge in [0.15, 0.2) is 0 Å². The quantitative estimate of drug-likeness (QED) is 0.298. The molecule has 0 unspecified atom stereocenters. The molecule has 0 bridgehead atoms. The molecule has 0 atom stereocenters. The fourth-order valence-corrected chi connectivity index (χ4v) is 4.76. The Morgan fingerprint density at radius 2 is 1.75 bits per heavy atom. The first-order chi connectivity index (χ1) is 15.4. The van der Waals surface area contributed by atoms with E-state index in [0.29, 0.717) is 32.9 Å². The van der Waals surface area contributed by atoms with Crippen molar-refractivity contribution in [2.24, 2.45) is 0 Å². The summed E-state index contributed by atoms with van der Waals surface area (Å²) in [5.74, 6) is 0.198. The first-order valence-corrected chi connectivity index (χ1v) is 11.9. The van der Waals surface area contributed by atoms with Gasteiger partial charge in [0.1, 0.15) is 12.4 Å². The minimum atomic E-state index is -0.350. The Labute approximate surface area is 208 Å². The van der Waals surface area contributed by atoms with Crippen LogP contribution in [0.5, 0.6) is 5.75 Å². The molecule has 162 valence electrons. The van der Waals surface area contributed by atoms with E-state index in [2.05, 4.69) is 15.9 Å². The van der Waals surface area contributed by atoms with Crippen molar-refractivity contribution in [3.63, 3.8) is 0 Å². The van der Waals surface area contributed by atoms with Gasteiger partial charge in [-0.1, -0.05) is 69.5 Å². The van der Waals surface area contributed by atoms with E-state index in [-0.39, 0.29) is 17.7 Å². The van der Waals surface area contributed by atoms with E-state index in [1.807, 2.05) is 42.5 Å². The second-order valence-corrected chi connectivity index (χ2v) is 9.68. The standard InChI is InChI=1S/C24H16BrCl2NO3S/c25-20-7-2-1-5-16(20)13-28-23(29)22(32-24(28)30)12-17-11-19(27)8-9-21(17)31-14-15-4-3-6-18(26)10-15/h1-12H,13-14H2/b22-12+. The molecule has 0 aromatic heterocycles. The molecular weight excluding hydrogens is 533 g/mol. The third kappa shape index (κ3) is 5.38. The Kier molecular flexibility index (Phi) is 7.26. The molecule has 8 heteroatoms. The Balaban J connectivity index is 1.56. The highest BCUT2D eigenvalue weighted by Crippen LogP contribution is 2.36. The zero-order chi connectivity index (χ0) is 22.7. The Morgan fingerprint density at radius 1 is 0.969 bits per heavy atom. The number of nitrogens with zero attached hydrogens (tertiary/aromatic N) is 1. The summed E-state index contributed by atoms with van der Waals surface area (Å²) in [6.07, 6.45) is 1.64. The number of carbonyl (C=O) groups is 2. The van der Waals surface area contributed by atoms with Crippen LogP contribution in [-0.4, -0.2) is 16.0 Å². The fraction of sp³-hybridized carbons (Fsp3) is 0.0833. The summed E-state index contributed by atoms with van der Waals surface area (Å²) in [4.78, 5) is 27.0. The average Bonchev–Trinajstić information content (AvgIpc) is 3.02. The number of benzene rings is 3. The maximum atomic E-state index is 13.0. The molecule has 0 radical (unpaired) electrons. The molecule has 1 fully saturated rings. The molecule has 32 heavy (non-hydrogen) atoms. The third-order valence-electron chi connectivity index (χ3n) is 4.70. The number of ether oxygens (including phenoxy) is 1. The number of hydrogen-bond acceptors (Lipinski definition) is 4. The Morgan fingerprint density at radius 3 is 2.53 bits per heavy atom. The molecule has 1 aliphatic rings. The molecule has 4 rings (SSSR count). The Hall–Kier alpha value is -2.25. The van der Waals surface area contributed by atoms with E-state index < -0.39 is 0 Å². The van der Waals surface area contributed by atoms with Crippen LogP contribution in [0.25, 0.3) is 6.08 Å². The number of rotatable bonds is 6. The largest absolute Gasteiger partial charge is 0.488 e. The van der Waals surface area contributed by atoms with Crippen molar-refractivity contribution in [2.45, 2.75) is 13.2 Å². The first kappa shape index (κ1) is 22.9. The van der Waals surface area contributed by atoms with E-state index in [9.17, 15) is 9.59 Å². The van der Waals surface area contributed by atoms with Crippen molar-refractivity contribution in [3.8, 4) is 5.75 Å². The van der Waals surface area contributed by atoms with Crippen molar-refractivity contribution in [3.05, 3.63) is 103 Å². The van der Waals surface area contributed by atoms with Crippen LogP contribution in [0.2, 0.25) is 10.0 Å². The lowest BCUT2D eigenvalue weighted by Gasteiger charge is -2.13. The molecule has 0 spiro atoms. The van der Waals surface area contributed by atoms with Gasteiger partial charge in [-0.15, -0.1) is 0 Å². The highest BCUT2D eigenvalue weighted by molar-refractivity contribution is 9.10. The van der Waals surface area contributed by atoms with Crippen molar-refractivity contribution >= 4 is 68.1 Å². The van der Waals surface area contributed by atoms with Crippen LogP contribution < -0.4 is 4.74 Å². The van der Waals surface area contributed by atoms with Crippen molar-refractivity contribution in [1.29, 1.82) is 0 Å². The van der Waals surface area contributed by atoms with Crippen LogP contribution in [-0.2, 0) is 17.9 Å². The van der Waals surface area contributed by atoms with Crippen LogP contribution in [0, 0.1) is 0 Å². The normalized spacial score (nSPS) is 15.0. The van der Waals surface area contributed by atoms with Gasteiger partial charge in [0.25, 0.3) is 11.1 Å². The predicted molar refractivity (Wildman–Crippen MR) is 133 cm³/mol. The van der Waals surface area contributed by atoms with Gasteiger partial charge >= 0.3 is 0 Å². The highest BCUT2D eigenvalue weighted by Gasteiger charge is 2.35. The summed E-state index contributed by atoms with van der Waals surface area (Å²) in [6, 6.07) is 20.0. The van der Waals surface area contributed by atoms with Crippen LogP contribution in [0.15, 0.2) is 76.1 Å². The van der Waals surface area contributed by atoms with Gasteiger partial charge in [0, 0.05) is 20.1 Å². The van der Waals surface area contributed by atoms with Gasteiger partial charge in [0.05, 0.1) is 11.4 Å². The lowest BCUT2D eigenvalue weighted by molar-refractivity contribution is -0.123. The van der Waals surface area contributed by atoms with Crippen LogP contribution >= 0.6 is 50.9 Å². The maximum absolute atomic E-state index is 13.0. The summed E-state index contributed by atoms with van der Waals surface area (Å²) in [7, 11) is 0. The van der Waals surface area contributed by atoms with Crippen LogP contribution in [0.4, 0.5) is 4.79 Å². The maximum Gasteiger partial charge on any atom is 0.293 e. The van der Waals surface area contributed by atoms with E-state index in [1.54, 1.807) is 30.3 Å². The number of amides is 2. The van der Waals surface area contributed by atoms with E-state index in [0.717, 1.165) is 27.4 Å². The van der Waals surface area contributed by atoms with Crippen molar-refractivity contribution in [1.82, 2.24) is 4.90 Å². The fourth-order valence-electron chi connectivity index (χ4n) is 3.13. The molecule has 1 saturated heterocycles. The molecule has 0 N–H and O–H groups in total. The summed E-state index contributed by atoms with van der Waals surface area (Å²) in [5.41, 5.74) is 2.38. The predicted octanol–water partition coefficient (Wildman–Crippen LogP) is 7.57. The summed E-state index contributed by atoms with van der Waals surface area (Å²) in [5, 5.41) is 0.806. The number of carbonyl (C=O) groups excluding carboxylic acids is 2. The van der Waals surface area contributed by atoms with E-state index in [1.165, 1.54) is 4.90 Å².